The smallest absolute Gasteiger partial charge is 0.406 e. The highest BCUT2D eigenvalue weighted by atomic mass is 32.2. The predicted molar refractivity (Wildman–Crippen MR) is 139 cm³/mol. The molecule has 1 amide bonds. The second kappa shape index (κ2) is 10.2. The van der Waals surface area contributed by atoms with E-state index in [9.17, 15) is 31.5 Å². The van der Waals surface area contributed by atoms with E-state index in [1.54, 1.807) is 36.2 Å². The molecule has 206 valence electrons. The SMILES string of the molecule is CN1C(=O)c2ccccc2N([C@@H]2CCC[C@H](NS(=O)(=O)c3ccc(OC(F)(F)F)cc3)[C@H]2O)c2ccccc21. The number of halogens is 3. The molecule has 1 aliphatic carbocycles. The number of hydrogen-bond acceptors (Lipinski definition) is 6. The molecule has 2 N–H and O–H groups in total. The molecule has 0 radical (unpaired) electrons. The highest BCUT2D eigenvalue weighted by molar-refractivity contribution is 7.89. The Morgan fingerprint density at radius 1 is 0.923 bits per heavy atom. The van der Waals surface area contributed by atoms with Gasteiger partial charge >= 0.3 is 6.36 Å². The number of nitrogens with zero attached hydrogens (tertiary/aromatic N) is 2. The van der Waals surface area contributed by atoms with Crippen molar-refractivity contribution in [3.8, 4) is 5.75 Å². The van der Waals surface area contributed by atoms with E-state index in [-0.39, 0.29) is 10.8 Å². The second-order valence-electron chi connectivity index (χ2n) is 9.48. The minimum atomic E-state index is -4.90. The second-order valence-corrected chi connectivity index (χ2v) is 11.2. The summed E-state index contributed by atoms with van der Waals surface area (Å²) in [7, 11) is -2.50. The Morgan fingerprint density at radius 3 is 2.21 bits per heavy atom. The molecule has 0 unspecified atom stereocenters. The van der Waals surface area contributed by atoms with Crippen molar-refractivity contribution in [1.82, 2.24) is 4.72 Å². The number of anilines is 3. The average molecular weight is 562 g/mol. The molecule has 39 heavy (non-hydrogen) atoms. The molecular weight excluding hydrogens is 535 g/mol. The van der Waals surface area contributed by atoms with E-state index in [0.717, 1.165) is 24.3 Å². The molecule has 0 saturated heterocycles. The third-order valence-corrected chi connectivity index (χ3v) is 8.53. The molecule has 3 aromatic carbocycles. The van der Waals surface area contributed by atoms with Gasteiger partial charge in [-0.05, 0) is 67.8 Å². The highest BCUT2D eigenvalue weighted by Gasteiger charge is 2.41. The molecule has 3 aromatic rings. The number of alkyl halides is 3. The number of para-hydroxylation sites is 3. The summed E-state index contributed by atoms with van der Waals surface area (Å²) in [5.74, 6) is -0.752. The lowest BCUT2D eigenvalue weighted by Gasteiger charge is -2.43. The van der Waals surface area contributed by atoms with Gasteiger partial charge in [0, 0.05) is 7.05 Å². The lowest BCUT2D eigenvalue weighted by Crippen LogP contribution is -2.55. The van der Waals surface area contributed by atoms with Crippen LogP contribution in [0.2, 0.25) is 0 Å². The molecule has 0 aromatic heterocycles. The Labute approximate surface area is 223 Å². The Balaban J connectivity index is 1.45. The number of aliphatic hydroxyl groups is 1. The van der Waals surface area contributed by atoms with E-state index < -0.39 is 40.3 Å². The fourth-order valence-electron chi connectivity index (χ4n) is 5.25. The summed E-state index contributed by atoms with van der Waals surface area (Å²) in [5, 5.41) is 11.5. The number of carbonyl (C=O) groups is 1. The third kappa shape index (κ3) is 5.32. The fourth-order valence-corrected chi connectivity index (χ4v) is 6.53. The Hall–Kier alpha value is -3.61. The minimum Gasteiger partial charge on any atom is -0.406 e. The van der Waals surface area contributed by atoms with Crippen molar-refractivity contribution in [2.75, 3.05) is 16.8 Å². The molecule has 8 nitrogen and oxygen atoms in total. The van der Waals surface area contributed by atoms with Crippen LogP contribution in [0.3, 0.4) is 0 Å². The zero-order chi connectivity index (χ0) is 27.9. The normalized spacial score (nSPS) is 21.7. The number of benzene rings is 3. The van der Waals surface area contributed by atoms with Gasteiger partial charge in [-0.1, -0.05) is 24.3 Å². The summed E-state index contributed by atoms with van der Waals surface area (Å²) >= 11 is 0. The lowest BCUT2D eigenvalue weighted by atomic mass is 9.86. The van der Waals surface area contributed by atoms with Crippen LogP contribution in [0.15, 0.2) is 77.7 Å². The molecule has 3 atom stereocenters. The standard InChI is InChI=1S/C27H26F3N3O5S/c1-32-22-10-4-5-11-23(22)33(21-9-3-2-7-19(21)26(32)35)24-12-6-8-20(25(24)34)31-39(36,37)18-15-13-17(14-16-18)38-27(28,29)30/h2-5,7,9-11,13-16,20,24-25,31,34H,6,8,12H2,1H3/t20-,24+,25+/m0/s1. The number of carbonyl (C=O) groups excluding carboxylic acids is 1. The minimum absolute atomic E-state index is 0.207. The van der Waals surface area contributed by atoms with Gasteiger partial charge in [0.1, 0.15) is 5.75 Å². The van der Waals surface area contributed by atoms with Gasteiger partial charge in [-0.2, -0.15) is 0 Å². The first-order valence-electron chi connectivity index (χ1n) is 12.3. The Kier molecular flexibility index (Phi) is 7.04. The van der Waals surface area contributed by atoms with Crippen LogP contribution in [0.1, 0.15) is 29.6 Å². The molecule has 0 bridgehead atoms. The first-order chi connectivity index (χ1) is 18.5. The molecule has 1 saturated carbocycles. The summed E-state index contributed by atoms with van der Waals surface area (Å²) in [4.78, 5) is 16.5. The summed E-state index contributed by atoms with van der Waals surface area (Å²) in [6.45, 7) is 0. The Morgan fingerprint density at radius 2 is 1.54 bits per heavy atom. The van der Waals surface area contributed by atoms with Gasteiger partial charge in [0.15, 0.2) is 0 Å². The van der Waals surface area contributed by atoms with Crippen LogP contribution < -0.4 is 19.3 Å². The molecule has 1 aliphatic heterocycles. The van der Waals surface area contributed by atoms with Crippen molar-refractivity contribution < 1.29 is 36.2 Å². The molecular formula is C27H26F3N3O5S. The number of aliphatic hydroxyl groups excluding tert-OH is 1. The number of nitrogens with one attached hydrogen (secondary N) is 1. The monoisotopic (exact) mass is 561 g/mol. The van der Waals surface area contributed by atoms with Crippen LogP contribution in [0.4, 0.5) is 30.2 Å². The van der Waals surface area contributed by atoms with Crippen LogP contribution in [0.5, 0.6) is 5.75 Å². The highest BCUT2D eigenvalue weighted by Crippen LogP contribution is 2.44. The lowest BCUT2D eigenvalue weighted by molar-refractivity contribution is -0.274. The zero-order valence-electron chi connectivity index (χ0n) is 20.8. The van der Waals surface area contributed by atoms with Gasteiger partial charge in [0.05, 0.1) is 45.7 Å². The number of fused-ring (bicyclic) bond motifs is 2. The van der Waals surface area contributed by atoms with Crippen molar-refractivity contribution in [2.24, 2.45) is 0 Å². The van der Waals surface area contributed by atoms with Gasteiger partial charge in [-0.3, -0.25) is 4.79 Å². The van der Waals surface area contributed by atoms with Crippen LogP contribution in [-0.4, -0.2) is 51.0 Å². The maximum Gasteiger partial charge on any atom is 0.573 e. The van der Waals surface area contributed by atoms with E-state index in [1.165, 1.54) is 0 Å². The largest absolute Gasteiger partial charge is 0.573 e. The number of hydrogen-bond donors (Lipinski definition) is 2. The molecule has 2 aliphatic rings. The topological polar surface area (TPSA) is 99.2 Å². The maximum atomic E-state index is 13.3. The number of sulfonamides is 1. The van der Waals surface area contributed by atoms with Crippen molar-refractivity contribution in [2.45, 2.75) is 48.7 Å². The van der Waals surface area contributed by atoms with E-state index in [1.807, 2.05) is 29.2 Å². The molecule has 5 rings (SSSR count). The van der Waals surface area contributed by atoms with Crippen molar-refractivity contribution in [3.05, 3.63) is 78.4 Å². The van der Waals surface area contributed by atoms with E-state index in [2.05, 4.69) is 9.46 Å². The van der Waals surface area contributed by atoms with Gasteiger partial charge < -0.3 is 19.6 Å². The van der Waals surface area contributed by atoms with Gasteiger partial charge in [0.2, 0.25) is 10.0 Å². The molecule has 1 fully saturated rings. The first kappa shape index (κ1) is 27.0. The van der Waals surface area contributed by atoms with Crippen molar-refractivity contribution >= 4 is 33.0 Å². The van der Waals surface area contributed by atoms with Crippen LogP contribution in [0, 0.1) is 0 Å². The maximum absolute atomic E-state index is 13.3. The van der Waals surface area contributed by atoms with Crippen LogP contribution >= 0.6 is 0 Å². The average Bonchev–Trinajstić information content (AvgIpc) is 2.98. The van der Waals surface area contributed by atoms with Gasteiger partial charge in [0.25, 0.3) is 5.91 Å². The van der Waals surface area contributed by atoms with Crippen molar-refractivity contribution in [1.29, 1.82) is 0 Å². The molecule has 12 heteroatoms. The zero-order valence-corrected chi connectivity index (χ0v) is 21.6. The molecule has 0 spiro atoms. The number of amides is 1. The van der Waals surface area contributed by atoms with Gasteiger partial charge in [-0.15, -0.1) is 13.2 Å². The predicted octanol–water partition coefficient (Wildman–Crippen LogP) is 4.57. The van der Waals surface area contributed by atoms with E-state index in [4.69, 9.17) is 0 Å². The summed E-state index contributed by atoms with van der Waals surface area (Å²) in [6.07, 6.45) is -4.60. The fraction of sp³-hybridized carbons (Fsp3) is 0.296. The molecule has 1 heterocycles. The van der Waals surface area contributed by atoms with E-state index in [0.29, 0.717) is 41.9 Å². The van der Waals surface area contributed by atoms with Crippen molar-refractivity contribution in [3.63, 3.8) is 0 Å². The Bertz CT molecular complexity index is 1480. The first-order valence-corrected chi connectivity index (χ1v) is 13.8. The summed E-state index contributed by atoms with van der Waals surface area (Å²) in [6, 6.07) is 16.8. The van der Waals surface area contributed by atoms with Gasteiger partial charge in [-0.25, -0.2) is 13.1 Å². The number of rotatable bonds is 5. The summed E-state index contributed by atoms with van der Waals surface area (Å²) in [5.41, 5.74) is 2.40. The quantitative estimate of drug-likeness (QED) is 0.474. The summed E-state index contributed by atoms with van der Waals surface area (Å²) < 4.78 is 70.0. The van der Waals surface area contributed by atoms with Crippen LogP contribution in [-0.2, 0) is 10.0 Å². The third-order valence-electron chi connectivity index (χ3n) is 7.03. The van der Waals surface area contributed by atoms with Crippen LogP contribution in [0.25, 0.3) is 0 Å². The van der Waals surface area contributed by atoms with E-state index >= 15 is 0 Å². The number of ether oxygens (including phenoxy) is 1.